The Balaban J connectivity index is 2.51. The zero-order chi connectivity index (χ0) is 10.7. The molecular formula is C12H14N2O. The second kappa shape index (κ2) is 4.29. The van der Waals surface area contributed by atoms with Crippen LogP contribution in [-0.2, 0) is 6.54 Å². The van der Waals surface area contributed by atoms with Crippen molar-refractivity contribution < 1.29 is 5.11 Å². The van der Waals surface area contributed by atoms with E-state index in [1.165, 1.54) is 0 Å². The predicted molar refractivity (Wildman–Crippen MR) is 61.5 cm³/mol. The van der Waals surface area contributed by atoms with Crippen LogP contribution in [0.1, 0.15) is 5.56 Å². The SMILES string of the molecule is CNNCc1ccc(O)c2ccccc12. The van der Waals surface area contributed by atoms with E-state index >= 15 is 0 Å². The zero-order valence-electron chi connectivity index (χ0n) is 8.62. The van der Waals surface area contributed by atoms with Gasteiger partial charge in [0.25, 0.3) is 0 Å². The molecule has 0 atom stereocenters. The highest BCUT2D eigenvalue weighted by atomic mass is 16.3. The predicted octanol–water partition coefficient (Wildman–Crippen LogP) is 1.77. The summed E-state index contributed by atoms with van der Waals surface area (Å²) in [6.45, 7) is 0.733. The summed E-state index contributed by atoms with van der Waals surface area (Å²) in [5.41, 5.74) is 7.09. The van der Waals surface area contributed by atoms with Crippen LogP contribution in [0, 0.1) is 0 Å². The summed E-state index contributed by atoms with van der Waals surface area (Å²) in [6, 6.07) is 11.5. The van der Waals surface area contributed by atoms with Crippen LogP contribution >= 0.6 is 0 Å². The molecule has 0 heterocycles. The number of aromatic hydroxyl groups is 1. The van der Waals surface area contributed by atoms with Gasteiger partial charge in [0.15, 0.2) is 0 Å². The van der Waals surface area contributed by atoms with Crippen LogP contribution in [0.4, 0.5) is 0 Å². The molecule has 0 aliphatic rings. The number of phenols is 1. The molecule has 0 bridgehead atoms. The number of phenolic OH excluding ortho intramolecular Hbond substituents is 1. The maximum absolute atomic E-state index is 9.69. The quantitative estimate of drug-likeness (QED) is 0.665. The molecule has 0 saturated heterocycles. The first-order valence-corrected chi connectivity index (χ1v) is 4.92. The summed E-state index contributed by atoms with van der Waals surface area (Å²) in [4.78, 5) is 0. The second-order valence-corrected chi connectivity index (χ2v) is 3.39. The molecule has 0 amide bonds. The fraction of sp³-hybridized carbons (Fsp3) is 0.167. The van der Waals surface area contributed by atoms with Crippen molar-refractivity contribution in [3.63, 3.8) is 0 Å². The minimum Gasteiger partial charge on any atom is -0.507 e. The summed E-state index contributed by atoms with van der Waals surface area (Å²) >= 11 is 0. The molecule has 0 fully saturated rings. The molecule has 0 aliphatic carbocycles. The number of benzene rings is 2. The standard InChI is InChI=1S/C12H14N2O/c1-13-14-8-9-6-7-12(15)11-5-3-2-4-10(9)11/h2-7,13-15H,8H2,1H3. The molecule has 3 heteroatoms. The van der Waals surface area contributed by atoms with Crippen molar-refractivity contribution >= 4 is 10.8 Å². The number of rotatable bonds is 3. The number of hydrogen-bond donors (Lipinski definition) is 3. The van der Waals surface area contributed by atoms with Gasteiger partial charge in [-0.3, -0.25) is 10.9 Å². The molecule has 15 heavy (non-hydrogen) atoms. The van der Waals surface area contributed by atoms with Crippen LogP contribution in [0.15, 0.2) is 36.4 Å². The molecule has 2 rings (SSSR count). The van der Waals surface area contributed by atoms with Gasteiger partial charge in [-0.15, -0.1) is 0 Å². The van der Waals surface area contributed by atoms with Crippen molar-refractivity contribution in [1.82, 2.24) is 10.9 Å². The third-order valence-corrected chi connectivity index (χ3v) is 2.45. The van der Waals surface area contributed by atoms with E-state index in [9.17, 15) is 5.11 Å². The maximum Gasteiger partial charge on any atom is 0.123 e. The van der Waals surface area contributed by atoms with Crippen molar-refractivity contribution in [2.45, 2.75) is 6.54 Å². The van der Waals surface area contributed by atoms with Gasteiger partial charge in [-0.1, -0.05) is 30.3 Å². The molecule has 0 saturated carbocycles. The summed E-state index contributed by atoms with van der Waals surface area (Å²) in [5.74, 6) is 0.332. The fourth-order valence-electron chi connectivity index (χ4n) is 1.68. The van der Waals surface area contributed by atoms with Gasteiger partial charge in [0, 0.05) is 11.9 Å². The lowest BCUT2D eigenvalue weighted by atomic mass is 10.0. The first-order valence-electron chi connectivity index (χ1n) is 4.92. The smallest absolute Gasteiger partial charge is 0.123 e. The van der Waals surface area contributed by atoms with E-state index in [0.29, 0.717) is 5.75 Å². The normalized spacial score (nSPS) is 10.7. The number of hydrogen-bond acceptors (Lipinski definition) is 3. The summed E-state index contributed by atoms with van der Waals surface area (Å²) in [7, 11) is 1.84. The van der Waals surface area contributed by atoms with Crippen molar-refractivity contribution in [1.29, 1.82) is 0 Å². The molecule has 0 spiro atoms. The molecular weight excluding hydrogens is 188 g/mol. The highest BCUT2D eigenvalue weighted by Gasteiger charge is 2.03. The lowest BCUT2D eigenvalue weighted by molar-refractivity contribution is 0.481. The Morgan fingerprint density at radius 2 is 1.80 bits per heavy atom. The summed E-state index contributed by atoms with van der Waals surface area (Å²) in [5, 5.41) is 11.7. The molecule has 0 aromatic heterocycles. The van der Waals surface area contributed by atoms with Gasteiger partial charge in [0.2, 0.25) is 0 Å². The Morgan fingerprint density at radius 1 is 1.07 bits per heavy atom. The average molecular weight is 202 g/mol. The maximum atomic E-state index is 9.69. The Hall–Kier alpha value is -1.58. The van der Waals surface area contributed by atoms with Gasteiger partial charge in [0.1, 0.15) is 5.75 Å². The third kappa shape index (κ3) is 1.93. The topological polar surface area (TPSA) is 44.3 Å². The summed E-state index contributed by atoms with van der Waals surface area (Å²) < 4.78 is 0. The number of nitrogens with one attached hydrogen (secondary N) is 2. The van der Waals surface area contributed by atoms with E-state index in [1.807, 2.05) is 37.4 Å². The molecule has 2 aromatic carbocycles. The van der Waals surface area contributed by atoms with Crippen molar-refractivity contribution in [3.8, 4) is 5.75 Å². The van der Waals surface area contributed by atoms with Crippen LogP contribution in [0.5, 0.6) is 5.75 Å². The van der Waals surface area contributed by atoms with Gasteiger partial charge in [-0.25, -0.2) is 0 Å². The van der Waals surface area contributed by atoms with Gasteiger partial charge in [-0.05, 0) is 24.1 Å². The average Bonchev–Trinajstić information content (AvgIpc) is 2.29. The molecule has 2 aromatic rings. The minimum absolute atomic E-state index is 0.332. The Morgan fingerprint density at radius 3 is 2.53 bits per heavy atom. The van der Waals surface area contributed by atoms with Gasteiger partial charge in [-0.2, -0.15) is 0 Å². The van der Waals surface area contributed by atoms with Crippen LogP contribution in [0.3, 0.4) is 0 Å². The zero-order valence-corrected chi connectivity index (χ0v) is 8.62. The van der Waals surface area contributed by atoms with E-state index < -0.39 is 0 Å². The van der Waals surface area contributed by atoms with Crippen LogP contribution in [0.2, 0.25) is 0 Å². The van der Waals surface area contributed by atoms with Crippen molar-refractivity contribution in [3.05, 3.63) is 42.0 Å². The Bertz CT molecular complexity index is 468. The molecule has 3 N–H and O–H groups in total. The van der Waals surface area contributed by atoms with E-state index in [1.54, 1.807) is 6.07 Å². The first kappa shape index (κ1) is 9.96. The van der Waals surface area contributed by atoms with E-state index in [-0.39, 0.29) is 0 Å². The third-order valence-electron chi connectivity index (χ3n) is 2.45. The number of fused-ring (bicyclic) bond motifs is 1. The largest absolute Gasteiger partial charge is 0.507 e. The van der Waals surface area contributed by atoms with E-state index in [2.05, 4.69) is 10.9 Å². The molecule has 0 unspecified atom stereocenters. The van der Waals surface area contributed by atoms with Gasteiger partial charge < -0.3 is 5.11 Å². The molecule has 0 radical (unpaired) electrons. The van der Waals surface area contributed by atoms with Crippen LogP contribution < -0.4 is 10.9 Å². The molecule has 78 valence electrons. The van der Waals surface area contributed by atoms with E-state index in [4.69, 9.17) is 0 Å². The van der Waals surface area contributed by atoms with Crippen LogP contribution in [0.25, 0.3) is 10.8 Å². The Kier molecular flexibility index (Phi) is 2.85. The van der Waals surface area contributed by atoms with Crippen LogP contribution in [-0.4, -0.2) is 12.2 Å². The summed E-state index contributed by atoms with van der Waals surface area (Å²) in [6.07, 6.45) is 0. The van der Waals surface area contributed by atoms with Gasteiger partial charge >= 0.3 is 0 Å². The lowest BCUT2D eigenvalue weighted by Crippen LogP contribution is -2.26. The lowest BCUT2D eigenvalue weighted by Gasteiger charge is -2.08. The monoisotopic (exact) mass is 202 g/mol. The highest BCUT2D eigenvalue weighted by molar-refractivity contribution is 5.90. The highest BCUT2D eigenvalue weighted by Crippen LogP contribution is 2.27. The second-order valence-electron chi connectivity index (χ2n) is 3.39. The van der Waals surface area contributed by atoms with E-state index in [0.717, 1.165) is 22.9 Å². The molecule has 0 aliphatic heterocycles. The molecule has 3 nitrogen and oxygen atoms in total. The van der Waals surface area contributed by atoms with Crippen molar-refractivity contribution in [2.75, 3.05) is 7.05 Å². The van der Waals surface area contributed by atoms with Crippen molar-refractivity contribution in [2.24, 2.45) is 0 Å². The minimum atomic E-state index is 0.332. The Labute approximate surface area is 88.7 Å². The van der Waals surface area contributed by atoms with Gasteiger partial charge in [0.05, 0.1) is 0 Å². The first-order chi connectivity index (χ1) is 7.33. The number of hydrazine groups is 1. The fourth-order valence-corrected chi connectivity index (χ4v) is 1.68.